The highest BCUT2D eigenvalue weighted by atomic mass is 16.2. The number of nitrogens with one attached hydrogen (secondary N) is 1. The largest absolute Gasteiger partial charge is 0.339 e. The van der Waals surface area contributed by atoms with Crippen molar-refractivity contribution in [2.75, 3.05) is 39.8 Å². The van der Waals surface area contributed by atoms with Crippen molar-refractivity contribution < 1.29 is 4.79 Å². The van der Waals surface area contributed by atoms with E-state index in [1.165, 1.54) is 0 Å². The van der Waals surface area contributed by atoms with E-state index < -0.39 is 0 Å². The number of amides is 1. The van der Waals surface area contributed by atoms with Gasteiger partial charge in [-0.25, -0.2) is 0 Å². The highest BCUT2D eigenvalue weighted by Crippen LogP contribution is 2.02. The van der Waals surface area contributed by atoms with E-state index in [0.29, 0.717) is 6.54 Å². The SMILES string of the molecule is CN(CC(=O)N1CCNCC1)Cc1cnn(C)c1. The smallest absolute Gasteiger partial charge is 0.236 e. The summed E-state index contributed by atoms with van der Waals surface area (Å²) >= 11 is 0. The zero-order valence-electron chi connectivity index (χ0n) is 11.1. The van der Waals surface area contributed by atoms with Crippen molar-refractivity contribution in [3.05, 3.63) is 18.0 Å². The fraction of sp³-hybridized carbons (Fsp3) is 0.667. The Bertz CT molecular complexity index is 397. The van der Waals surface area contributed by atoms with Gasteiger partial charge < -0.3 is 10.2 Å². The molecule has 0 bridgehead atoms. The van der Waals surface area contributed by atoms with Gasteiger partial charge in [0, 0.05) is 51.5 Å². The monoisotopic (exact) mass is 251 g/mol. The molecule has 1 aliphatic rings. The summed E-state index contributed by atoms with van der Waals surface area (Å²) in [6.45, 7) is 4.66. The van der Waals surface area contributed by atoms with Gasteiger partial charge in [-0.3, -0.25) is 14.4 Å². The van der Waals surface area contributed by atoms with Crippen LogP contribution in [-0.4, -0.2) is 65.3 Å². The maximum atomic E-state index is 12.0. The number of aryl methyl sites for hydroxylation is 1. The van der Waals surface area contributed by atoms with Gasteiger partial charge in [-0.2, -0.15) is 5.10 Å². The van der Waals surface area contributed by atoms with Gasteiger partial charge in [0.2, 0.25) is 5.91 Å². The van der Waals surface area contributed by atoms with Crippen LogP contribution in [0.25, 0.3) is 0 Å². The lowest BCUT2D eigenvalue weighted by Crippen LogP contribution is -2.49. The summed E-state index contributed by atoms with van der Waals surface area (Å²) in [6, 6.07) is 0. The standard InChI is InChI=1S/C12H21N5O/c1-15(8-11-7-14-16(2)9-11)10-12(18)17-5-3-13-4-6-17/h7,9,13H,3-6,8,10H2,1-2H3. The molecule has 0 unspecified atom stereocenters. The molecule has 6 nitrogen and oxygen atoms in total. The van der Waals surface area contributed by atoms with Crippen LogP contribution in [0, 0.1) is 0 Å². The quantitative estimate of drug-likeness (QED) is 0.767. The van der Waals surface area contributed by atoms with Crippen LogP contribution < -0.4 is 5.32 Å². The maximum Gasteiger partial charge on any atom is 0.236 e. The number of piperazine rings is 1. The van der Waals surface area contributed by atoms with E-state index in [9.17, 15) is 4.79 Å². The number of likely N-dealkylation sites (N-methyl/N-ethyl adjacent to an activating group) is 1. The van der Waals surface area contributed by atoms with Crippen LogP contribution in [0.5, 0.6) is 0 Å². The number of hydrogen-bond donors (Lipinski definition) is 1. The lowest BCUT2D eigenvalue weighted by molar-refractivity contribution is -0.132. The Morgan fingerprint density at radius 3 is 2.83 bits per heavy atom. The highest BCUT2D eigenvalue weighted by Gasteiger charge is 2.17. The Kier molecular flexibility index (Phi) is 4.33. The van der Waals surface area contributed by atoms with Crippen molar-refractivity contribution in [1.82, 2.24) is 24.9 Å². The minimum Gasteiger partial charge on any atom is -0.339 e. The van der Waals surface area contributed by atoms with Crippen LogP contribution in [0.3, 0.4) is 0 Å². The number of rotatable bonds is 4. The second-order valence-electron chi connectivity index (χ2n) is 4.83. The van der Waals surface area contributed by atoms with Gasteiger partial charge >= 0.3 is 0 Å². The number of nitrogens with zero attached hydrogens (tertiary/aromatic N) is 4. The second-order valence-corrected chi connectivity index (χ2v) is 4.83. The average Bonchev–Trinajstić information content (AvgIpc) is 2.75. The molecular formula is C12H21N5O. The predicted molar refractivity (Wildman–Crippen MR) is 69.0 cm³/mol. The van der Waals surface area contributed by atoms with Crippen molar-refractivity contribution in [2.24, 2.45) is 7.05 Å². The predicted octanol–water partition coefficient (Wildman–Crippen LogP) is -0.716. The van der Waals surface area contributed by atoms with Gasteiger partial charge in [0.25, 0.3) is 0 Å². The average molecular weight is 251 g/mol. The van der Waals surface area contributed by atoms with E-state index in [2.05, 4.69) is 10.4 Å². The van der Waals surface area contributed by atoms with Gasteiger partial charge in [0.1, 0.15) is 0 Å². The normalized spacial score (nSPS) is 16.3. The third kappa shape index (κ3) is 3.54. The number of hydrogen-bond acceptors (Lipinski definition) is 4. The molecule has 1 aliphatic heterocycles. The molecular weight excluding hydrogens is 230 g/mol. The second kappa shape index (κ2) is 5.97. The number of carbonyl (C=O) groups excluding carboxylic acids is 1. The first-order valence-electron chi connectivity index (χ1n) is 6.30. The Labute approximate surface area is 108 Å². The molecule has 1 N–H and O–H groups in total. The summed E-state index contributed by atoms with van der Waals surface area (Å²) in [7, 11) is 3.86. The van der Waals surface area contributed by atoms with E-state index in [0.717, 1.165) is 38.3 Å². The fourth-order valence-electron chi connectivity index (χ4n) is 2.17. The molecule has 0 aromatic carbocycles. The van der Waals surface area contributed by atoms with Gasteiger partial charge in [-0.1, -0.05) is 0 Å². The molecule has 1 amide bonds. The Balaban J connectivity index is 1.79. The van der Waals surface area contributed by atoms with Crippen LogP contribution in [0.15, 0.2) is 12.4 Å². The topological polar surface area (TPSA) is 53.4 Å². The van der Waals surface area contributed by atoms with Crippen LogP contribution >= 0.6 is 0 Å². The summed E-state index contributed by atoms with van der Waals surface area (Å²) in [4.78, 5) is 16.0. The van der Waals surface area contributed by atoms with Crippen molar-refractivity contribution >= 4 is 5.91 Å². The molecule has 1 saturated heterocycles. The molecule has 100 valence electrons. The minimum atomic E-state index is 0.211. The summed E-state index contributed by atoms with van der Waals surface area (Å²) < 4.78 is 1.78. The van der Waals surface area contributed by atoms with Gasteiger partial charge in [0.05, 0.1) is 12.7 Å². The highest BCUT2D eigenvalue weighted by molar-refractivity contribution is 5.78. The summed E-state index contributed by atoms with van der Waals surface area (Å²) in [5, 5.41) is 7.37. The van der Waals surface area contributed by atoms with E-state index in [1.807, 2.05) is 36.3 Å². The lowest BCUT2D eigenvalue weighted by atomic mass is 10.3. The van der Waals surface area contributed by atoms with E-state index >= 15 is 0 Å². The molecule has 0 aliphatic carbocycles. The Morgan fingerprint density at radius 1 is 1.50 bits per heavy atom. The molecule has 1 aromatic rings. The zero-order valence-corrected chi connectivity index (χ0v) is 11.1. The Hall–Kier alpha value is -1.40. The molecule has 2 heterocycles. The molecule has 0 saturated carbocycles. The van der Waals surface area contributed by atoms with Crippen molar-refractivity contribution in [2.45, 2.75) is 6.54 Å². The maximum absolute atomic E-state index is 12.0. The van der Waals surface area contributed by atoms with E-state index in [-0.39, 0.29) is 5.91 Å². The molecule has 0 spiro atoms. The molecule has 6 heteroatoms. The third-order valence-corrected chi connectivity index (χ3v) is 3.09. The summed E-state index contributed by atoms with van der Waals surface area (Å²) in [5.74, 6) is 0.211. The first kappa shape index (κ1) is 13.0. The van der Waals surface area contributed by atoms with Crippen LogP contribution in [-0.2, 0) is 18.4 Å². The fourth-order valence-corrected chi connectivity index (χ4v) is 2.17. The third-order valence-electron chi connectivity index (χ3n) is 3.09. The number of aromatic nitrogens is 2. The van der Waals surface area contributed by atoms with Crippen LogP contribution in [0.1, 0.15) is 5.56 Å². The lowest BCUT2D eigenvalue weighted by Gasteiger charge is -2.29. The van der Waals surface area contributed by atoms with E-state index in [1.54, 1.807) is 4.68 Å². The van der Waals surface area contributed by atoms with Crippen LogP contribution in [0.4, 0.5) is 0 Å². The number of carbonyl (C=O) groups is 1. The van der Waals surface area contributed by atoms with Crippen molar-refractivity contribution in [3.63, 3.8) is 0 Å². The molecule has 0 atom stereocenters. The molecule has 1 fully saturated rings. The first-order chi connectivity index (χ1) is 8.65. The Morgan fingerprint density at radius 2 is 2.22 bits per heavy atom. The van der Waals surface area contributed by atoms with Gasteiger partial charge in [-0.15, -0.1) is 0 Å². The molecule has 0 radical (unpaired) electrons. The summed E-state index contributed by atoms with van der Waals surface area (Å²) in [6.07, 6.45) is 3.82. The van der Waals surface area contributed by atoms with Gasteiger partial charge in [-0.05, 0) is 7.05 Å². The van der Waals surface area contributed by atoms with Gasteiger partial charge in [0.15, 0.2) is 0 Å². The van der Waals surface area contributed by atoms with E-state index in [4.69, 9.17) is 0 Å². The summed E-state index contributed by atoms with van der Waals surface area (Å²) in [5.41, 5.74) is 1.13. The van der Waals surface area contributed by atoms with Crippen molar-refractivity contribution in [1.29, 1.82) is 0 Å². The molecule has 1 aromatic heterocycles. The minimum absolute atomic E-state index is 0.211. The van der Waals surface area contributed by atoms with Crippen molar-refractivity contribution in [3.8, 4) is 0 Å². The first-order valence-corrected chi connectivity index (χ1v) is 6.30. The molecule has 2 rings (SSSR count). The van der Waals surface area contributed by atoms with Crippen LogP contribution in [0.2, 0.25) is 0 Å². The molecule has 18 heavy (non-hydrogen) atoms. The zero-order chi connectivity index (χ0) is 13.0.